The number of Topliss-reactive ketones (excluding diaryl/α,β-unsaturated/α-hetero) is 1. The molecule has 1 aromatic rings. The van der Waals surface area contributed by atoms with E-state index in [-0.39, 0.29) is 12.4 Å². The van der Waals surface area contributed by atoms with Crippen molar-refractivity contribution < 1.29 is 9.53 Å². The number of carbonyl (C=O) groups excluding carboxylic acids is 1. The van der Waals surface area contributed by atoms with Crippen LogP contribution in [0.25, 0.3) is 0 Å². The Morgan fingerprint density at radius 3 is 3.11 bits per heavy atom. The zero-order valence-corrected chi connectivity index (χ0v) is 11.3. The van der Waals surface area contributed by atoms with Crippen molar-refractivity contribution in [1.82, 2.24) is 10.3 Å². The highest BCUT2D eigenvalue weighted by Crippen LogP contribution is 2.11. The predicted octanol–water partition coefficient (Wildman–Crippen LogP) is 2.20. The molecule has 104 valence electrons. The zero-order valence-electron chi connectivity index (χ0n) is 11.3. The number of rotatable bonds is 7. The Morgan fingerprint density at radius 2 is 2.37 bits per heavy atom. The third kappa shape index (κ3) is 5.09. The number of carbonyl (C=O) groups is 1. The van der Waals surface area contributed by atoms with Gasteiger partial charge < -0.3 is 10.1 Å². The summed E-state index contributed by atoms with van der Waals surface area (Å²) in [7, 11) is 0. The molecule has 1 aromatic heterocycles. The minimum atomic E-state index is -0.0450. The first-order valence-corrected chi connectivity index (χ1v) is 7.11. The van der Waals surface area contributed by atoms with E-state index in [1.807, 2.05) is 6.07 Å². The molecule has 19 heavy (non-hydrogen) atoms. The van der Waals surface area contributed by atoms with Crippen LogP contribution in [0.2, 0.25) is 0 Å². The lowest BCUT2D eigenvalue weighted by Crippen LogP contribution is -2.34. The van der Waals surface area contributed by atoms with Crippen molar-refractivity contribution >= 4 is 5.78 Å². The van der Waals surface area contributed by atoms with Crippen molar-refractivity contribution in [3.05, 3.63) is 30.1 Å². The van der Waals surface area contributed by atoms with Crippen LogP contribution in [0.3, 0.4) is 0 Å². The first-order valence-electron chi connectivity index (χ1n) is 7.11. The van der Waals surface area contributed by atoms with Gasteiger partial charge in [0.2, 0.25) is 5.78 Å². The minimum Gasteiger partial charge on any atom is -0.373 e. The summed E-state index contributed by atoms with van der Waals surface area (Å²) in [5, 5.41) is 3.51. The largest absolute Gasteiger partial charge is 0.373 e. The maximum absolute atomic E-state index is 11.7. The average molecular weight is 262 g/mol. The van der Waals surface area contributed by atoms with Gasteiger partial charge in [-0.25, -0.2) is 0 Å². The summed E-state index contributed by atoms with van der Waals surface area (Å²) in [6, 6.07) is 5.98. The van der Waals surface area contributed by atoms with Crippen LogP contribution in [0.5, 0.6) is 0 Å². The molecule has 1 fully saturated rings. The molecule has 0 bridgehead atoms. The van der Waals surface area contributed by atoms with Crippen molar-refractivity contribution in [2.75, 3.05) is 19.8 Å². The number of ether oxygens (including phenoxy) is 1. The Morgan fingerprint density at radius 1 is 1.42 bits per heavy atom. The fourth-order valence-electron chi connectivity index (χ4n) is 2.37. The van der Waals surface area contributed by atoms with Gasteiger partial charge in [0.15, 0.2) is 0 Å². The van der Waals surface area contributed by atoms with Crippen molar-refractivity contribution in [3.8, 4) is 0 Å². The van der Waals surface area contributed by atoms with E-state index >= 15 is 0 Å². The van der Waals surface area contributed by atoms with E-state index in [9.17, 15) is 4.79 Å². The second kappa shape index (κ2) is 8.02. The number of ketones is 1. The number of hydrogen-bond acceptors (Lipinski definition) is 4. The summed E-state index contributed by atoms with van der Waals surface area (Å²) in [4.78, 5) is 15.7. The van der Waals surface area contributed by atoms with Crippen LogP contribution in [0.1, 0.15) is 42.6 Å². The second-order valence-electron chi connectivity index (χ2n) is 4.98. The molecule has 0 unspecified atom stereocenters. The lowest BCUT2D eigenvalue weighted by molar-refractivity contribution is 0.0743. The van der Waals surface area contributed by atoms with Crippen LogP contribution in [0, 0.1) is 0 Å². The first-order chi connectivity index (χ1) is 9.36. The van der Waals surface area contributed by atoms with Gasteiger partial charge in [-0.3, -0.25) is 9.78 Å². The SMILES string of the molecule is O=C(COCCC[C@@H]1CCCCN1)c1ccccn1. The van der Waals surface area contributed by atoms with Crippen LogP contribution in [0.4, 0.5) is 0 Å². The maximum Gasteiger partial charge on any atom is 0.206 e. The van der Waals surface area contributed by atoms with E-state index in [0.29, 0.717) is 18.3 Å². The van der Waals surface area contributed by atoms with Gasteiger partial charge in [0.05, 0.1) is 0 Å². The molecule has 2 heterocycles. The van der Waals surface area contributed by atoms with E-state index in [4.69, 9.17) is 4.74 Å². The highest BCUT2D eigenvalue weighted by Gasteiger charge is 2.12. The van der Waals surface area contributed by atoms with Crippen LogP contribution in [0.15, 0.2) is 24.4 Å². The van der Waals surface area contributed by atoms with Gasteiger partial charge in [-0.15, -0.1) is 0 Å². The summed E-state index contributed by atoms with van der Waals surface area (Å²) in [6.45, 7) is 1.93. The molecule has 4 heteroatoms. The molecule has 1 N–H and O–H groups in total. The average Bonchev–Trinajstić information content (AvgIpc) is 2.49. The maximum atomic E-state index is 11.7. The highest BCUT2D eigenvalue weighted by atomic mass is 16.5. The topological polar surface area (TPSA) is 51.2 Å². The number of hydrogen-bond donors (Lipinski definition) is 1. The van der Waals surface area contributed by atoms with Gasteiger partial charge in [-0.1, -0.05) is 12.5 Å². The van der Waals surface area contributed by atoms with Gasteiger partial charge in [0, 0.05) is 18.8 Å². The second-order valence-corrected chi connectivity index (χ2v) is 4.98. The van der Waals surface area contributed by atoms with Crippen molar-refractivity contribution in [2.24, 2.45) is 0 Å². The van der Waals surface area contributed by atoms with E-state index in [0.717, 1.165) is 19.4 Å². The standard InChI is InChI=1S/C15H22N2O2/c18-15(14-8-2-4-10-17-14)12-19-11-5-7-13-6-1-3-9-16-13/h2,4,8,10,13,16H,1,3,5-7,9,11-12H2/t13-/m0/s1. The molecule has 0 spiro atoms. The predicted molar refractivity (Wildman–Crippen MR) is 74.3 cm³/mol. The lowest BCUT2D eigenvalue weighted by atomic mass is 10.0. The molecular weight excluding hydrogens is 240 g/mol. The summed E-state index contributed by atoms with van der Waals surface area (Å²) in [5.41, 5.74) is 0.483. The fraction of sp³-hybridized carbons (Fsp3) is 0.600. The van der Waals surface area contributed by atoms with Crippen molar-refractivity contribution in [2.45, 2.75) is 38.1 Å². The normalized spacial score (nSPS) is 19.3. The lowest BCUT2D eigenvalue weighted by Gasteiger charge is -2.23. The number of nitrogens with zero attached hydrogens (tertiary/aromatic N) is 1. The van der Waals surface area contributed by atoms with Gasteiger partial charge in [0.1, 0.15) is 12.3 Å². The summed E-state index contributed by atoms with van der Waals surface area (Å²) in [6.07, 6.45) is 7.67. The van der Waals surface area contributed by atoms with Crippen molar-refractivity contribution in [3.63, 3.8) is 0 Å². The molecule has 1 saturated heterocycles. The number of aromatic nitrogens is 1. The Bertz CT molecular complexity index is 375. The zero-order chi connectivity index (χ0) is 13.3. The molecule has 0 aliphatic carbocycles. The molecule has 0 radical (unpaired) electrons. The molecule has 4 nitrogen and oxygen atoms in total. The van der Waals surface area contributed by atoms with Gasteiger partial charge in [0.25, 0.3) is 0 Å². The molecular formula is C15H22N2O2. The summed E-state index contributed by atoms with van der Waals surface area (Å²) in [5.74, 6) is -0.0450. The molecule has 1 aliphatic heterocycles. The molecule has 0 aromatic carbocycles. The van der Waals surface area contributed by atoms with E-state index in [2.05, 4.69) is 10.3 Å². The molecule has 1 atom stereocenters. The Labute approximate surface area is 114 Å². The quantitative estimate of drug-likeness (QED) is 0.604. The van der Waals surface area contributed by atoms with E-state index in [1.165, 1.54) is 19.3 Å². The van der Waals surface area contributed by atoms with Gasteiger partial charge in [-0.05, 0) is 44.4 Å². The van der Waals surface area contributed by atoms with Gasteiger partial charge in [-0.2, -0.15) is 0 Å². The third-order valence-corrected chi connectivity index (χ3v) is 3.44. The number of piperidine rings is 1. The van der Waals surface area contributed by atoms with Crippen LogP contribution in [-0.4, -0.2) is 36.6 Å². The smallest absolute Gasteiger partial charge is 0.206 e. The van der Waals surface area contributed by atoms with Crippen LogP contribution < -0.4 is 5.32 Å². The highest BCUT2D eigenvalue weighted by molar-refractivity contribution is 5.95. The summed E-state index contributed by atoms with van der Waals surface area (Å²) < 4.78 is 5.42. The fourth-order valence-corrected chi connectivity index (χ4v) is 2.37. The van der Waals surface area contributed by atoms with E-state index in [1.54, 1.807) is 18.3 Å². The van der Waals surface area contributed by atoms with Gasteiger partial charge >= 0.3 is 0 Å². The Kier molecular flexibility index (Phi) is 5.98. The van der Waals surface area contributed by atoms with Crippen LogP contribution >= 0.6 is 0 Å². The molecule has 2 rings (SSSR count). The Hall–Kier alpha value is -1.26. The number of nitrogens with one attached hydrogen (secondary N) is 1. The number of pyridine rings is 1. The third-order valence-electron chi connectivity index (χ3n) is 3.44. The Balaban J connectivity index is 1.55. The molecule has 0 saturated carbocycles. The monoisotopic (exact) mass is 262 g/mol. The minimum absolute atomic E-state index is 0.0450. The van der Waals surface area contributed by atoms with Crippen LogP contribution in [-0.2, 0) is 4.74 Å². The molecule has 1 aliphatic rings. The van der Waals surface area contributed by atoms with Crippen molar-refractivity contribution in [1.29, 1.82) is 0 Å². The molecule has 0 amide bonds. The first kappa shape index (κ1) is 14.2. The van der Waals surface area contributed by atoms with E-state index < -0.39 is 0 Å². The summed E-state index contributed by atoms with van der Waals surface area (Å²) >= 11 is 0.